The van der Waals surface area contributed by atoms with Gasteiger partial charge in [0, 0.05) is 26.2 Å². The molecule has 0 aromatic rings. The van der Waals surface area contributed by atoms with Crippen LogP contribution < -0.4 is 11.1 Å². The first-order valence-electron chi connectivity index (χ1n) is 5.05. The molecule has 1 aliphatic heterocycles. The number of morpholine rings is 1. The summed E-state index contributed by atoms with van der Waals surface area (Å²) in [7, 11) is 0. The monoisotopic (exact) mass is 201 g/mol. The molecule has 0 saturated carbocycles. The smallest absolute Gasteiger partial charge is 0.317 e. The minimum absolute atomic E-state index is 0.0265. The molecule has 0 aromatic heterocycles. The molecule has 0 aliphatic carbocycles. The van der Waals surface area contributed by atoms with Gasteiger partial charge in [0.1, 0.15) is 0 Å². The van der Waals surface area contributed by atoms with E-state index in [2.05, 4.69) is 5.32 Å². The average molecular weight is 201 g/mol. The first-order valence-corrected chi connectivity index (χ1v) is 5.05. The molecule has 3 N–H and O–H groups in total. The summed E-state index contributed by atoms with van der Waals surface area (Å²) in [6, 6.07) is -0.0268. The number of ether oxygens (including phenoxy) is 1. The van der Waals surface area contributed by atoms with Crippen molar-refractivity contribution in [3.63, 3.8) is 0 Å². The first kappa shape index (κ1) is 11.3. The topological polar surface area (TPSA) is 67.6 Å². The van der Waals surface area contributed by atoms with Crippen molar-refractivity contribution >= 4 is 6.03 Å². The van der Waals surface area contributed by atoms with Crippen LogP contribution in [0.1, 0.15) is 13.8 Å². The molecule has 1 rings (SSSR count). The summed E-state index contributed by atoms with van der Waals surface area (Å²) in [6.45, 7) is 6.20. The van der Waals surface area contributed by atoms with Crippen LogP contribution in [-0.2, 0) is 4.74 Å². The highest BCUT2D eigenvalue weighted by atomic mass is 16.5. The van der Waals surface area contributed by atoms with E-state index in [4.69, 9.17) is 10.5 Å². The summed E-state index contributed by atoms with van der Waals surface area (Å²) in [4.78, 5) is 13.3. The maximum absolute atomic E-state index is 11.5. The Balaban J connectivity index is 2.48. The molecule has 1 heterocycles. The van der Waals surface area contributed by atoms with E-state index < -0.39 is 0 Å². The van der Waals surface area contributed by atoms with E-state index in [0.29, 0.717) is 26.2 Å². The van der Waals surface area contributed by atoms with Gasteiger partial charge in [0.25, 0.3) is 0 Å². The van der Waals surface area contributed by atoms with Gasteiger partial charge in [-0.2, -0.15) is 0 Å². The van der Waals surface area contributed by atoms with Crippen molar-refractivity contribution in [2.75, 3.05) is 26.2 Å². The summed E-state index contributed by atoms with van der Waals surface area (Å²) >= 11 is 0. The predicted molar refractivity (Wildman–Crippen MR) is 54.0 cm³/mol. The van der Waals surface area contributed by atoms with Crippen molar-refractivity contribution in [1.29, 1.82) is 0 Å². The van der Waals surface area contributed by atoms with E-state index in [0.717, 1.165) is 0 Å². The minimum atomic E-state index is -0.0268. The highest BCUT2D eigenvalue weighted by Gasteiger charge is 2.26. The number of rotatable bonds is 2. The Kier molecular flexibility index (Phi) is 4.16. The van der Waals surface area contributed by atoms with Gasteiger partial charge in [-0.3, -0.25) is 0 Å². The van der Waals surface area contributed by atoms with Crippen molar-refractivity contribution in [3.05, 3.63) is 0 Å². The molecule has 5 nitrogen and oxygen atoms in total. The molecular weight excluding hydrogens is 182 g/mol. The maximum Gasteiger partial charge on any atom is 0.317 e. The highest BCUT2D eigenvalue weighted by molar-refractivity contribution is 5.74. The molecule has 5 heteroatoms. The minimum Gasteiger partial charge on any atom is -0.370 e. The molecule has 1 saturated heterocycles. The Labute approximate surface area is 84.6 Å². The van der Waals surface area contributed by atoms with Crippen LogP contribution in [0.25, 0.3) is 0 Å². The fraction of sp³-hybridized carbons (Fsp3) is 0.889. The molecule has 0 spiro atoms. The third-order valence-corrected chi connectivity index (χ3v) is 2.20. The SMILES string of the molecule is CCNC(=O)N1CC(C)OC(CN)C1. The number of urea groups is 1. The average Bonchev–Trinajstić information content (AvgIpc) is 2.17. The van der Waals surface area contributed by atoms with E-state index in [1.165, 1.54) is 0 Å². The zero-order chi connectivity index (χ0) is 10.6. The predicted octanol–water partition coefficient (Wildman–Crippen LogP) is -0.236. The van der Waals surface area contributed by atoms with Gasteiger partial charge in [-0.1, -0.05) is 0 Å². The summed E-state index contributed by atoms with van der Waals surface area (Å²) in [6.07, 6.45) is 0.0428. The number of hydrogen-bond acceptors (Lipinski definition) is 3. The molecule has 2 atom stereocenters. The number of carbonyl (C=O) groups excluding carboxylic acids is 1. The molecule has 0 radical (unpaired) electrons. The van der Waals surface area contributed by atoms with Gasteiger partial charge >= 0.3 is 6.03 Å². The van der Waals surface area contributed by atoms with Crippen LogP contribution in [-0.4, -0.2) is 49.3 Å². The lowest BCUT2D eigenvalue weighted by atomic mass is 10.2. The maximum atomic E-state index is 11.5. The Hall–Kier alpha value is -0.810. The Morgan fingerprint density at radius 2 is 2.36 bits per heavy atom. The molecule has 2 amide bonds. The molecule has 0 aromatic carbocycles. The van der Waals surface area contributed by atoms with Crippen LogP contribution in [0.15, 0.2) is 0 Å². The number of nitrogens with one attached hydrogen (secondary N) is 1. The molecule has 2 unspecified atom stereocenters. The lowest BCUT2D eigenvalue weighted by Gasteiger charge is -2.36. The van der Waals surface area contributed by atoms with E-state index in [1.807, 2.05) is 13.8 Å². The summed E-state index contributed by atoms with van der Waals surface area (Å²) in [5.74, 6) is 0. The largest absolute Gasteiger partial charge is 0.370 e. The number of nitrogens with two attached hydrogens (primary N) is 1. The molecular formula is C9H19N3O2. The number of carbonyl (C=O) groups is 1. The Morgan fingerprint density at radius 3 is 2.93 bits per heavy atom. The van der Waals surface area contributed by atoms with Crippen LogP contribution in [0.5, 0.6) is 0 Å². The van der Waals surface area contributed by atoms with Crippen molar-refractivity contribution in [2.45, 2.75) is 26.1 Å². The van der Waals surface area contributed by atoms with Gasteiger partial charge in [0.15, 0.2) is 0 Å². The van der Waals surface area contributed by atoms with Crippen LogP contribution >= 0.6 is 0 Å². The fourth-order valence-electron chi connectivity index (χ4n) is 1.60. The molecule has 0 bridgehead atoms. The standard InChI is InChI=1S/C9H19N3O2/c1-3-11-9(13)12-5-7(2)14-8(4-10)6-12/h7-8H,3-6,10H2,1-2H3,(H,11,13). The fourth-order valence-corrected chi connectivity index (χ4v) is 1.60. The molecule has 82 valence electrons. The lowest BCUT2D eigenvalue weighted by Crippen LogP contribution is -2.54. The quantitative estimate of drug-likeness (QED) is 0.648. The van der Waals surface area contributed by atoms with E-state index in [-0.39, 0.29) is 18.2 Å². The second-order valence-electron chi connectivity index (χ2n) is 3.54. The summed E-state index contributed by atoms with van der Waals surface area (Å²) in [5, 5.41) is 2.77. The van der Waals surface area contributed by atoms with E-state index in [9.17, 15) is 4.79 Å². The van der Waals surface area contributed by atoms with Crippen molar-refractivity contribution < 1.29 is 9.53 Å². The van der Waals surface area contributed by atoms with Crippen LogP contribution in [0, 0.1) is 0 Å². The van der Waals surface area contributed by atoms with Gasteiger partial charge in [-0.15, -0.1) is 0 Å². The van der Waals surface area contributed by atoms with E-state index in [1.54, 1.807) is 4.90 Å². The highest BCUT2D eigenvalue weighted by Crippen LogP contribution is 2.10. The van der Waals surface area contributed by atoms with Crippen molar-refractivity contribution in [1.82, 2.24) is 10.2 Å². The van der Waals surface area contributed by atoms with Gasteiger partial charge in [-0.25, -0.2) is 4.79 Å². The normalized spacial score (nSPS) is 27.5. The molecule has 1 fully saturated rings. The number of hydrogen-bond donors (Lipinski definition) is 2. The van der Waals surface area contributed by atoms with Gasteiger partial charge in [-0.05, 0) is 13.8 Å². The van der Waals surface area contributed by atoms with Crippen LogP contribution in [0.3, 0.4) is 0 Å². The van der Waals surface area contributed by atoms with Crippen molar-refractivity contribution in [2.24, 2.45) is 5.73 Å². The van der Waals surface area contributed by atoms with Gasteiger partial charge in [0.05, 0.1) is 12.2 Å². The summed E-state index contributed by atoms with van der Waals surface area (Å²) in [5.41, 5.74) is 5.52. The zero-order valence-electron chi connectivity index (χ0n) is 8.82. The second kappa shape index (κ2) is 5.17. The van der Waals surface area contributed by atoms with Crippen molar-refractivity contribution in [3.8, 4) is 0 Å². The third kappa shape index (κ3) is 2.85. The lowest BCUT2D eigenvalue weighted by molar-refractivity contribution is -0.0587. The number of amides is 2. The van der Waals surface area contributed by atoms with Gasteiger partial charge in [0.2, 0.25) is 0 Å². The Morgan fingerprint density at radius 1 is 1.64 bits per heavy atom. The first-order chi connectivity index (χ1) is 6.67. The van der Waals surface area contributed by atoms with E-state index >= 15 is 0 Å². The molecule has 1 aliphatic rings. The number of nitrogens with zero attached hydrogens (tertiary/aromatic N) is 1. The van der Waals surface area contributed by atoms with Gasteiger partial charge < -0.3 is 20.7 Å². The zero-order valence-corrected chi connectivity index (χ0v) is 8.82. The van der Waals surface area contributed by atoms with Crippen LogP contribution in [0.4, 0.5) is 4.79 Å². The Bertz CT molecular complexity index is 198. The van der Waals surface area contributed by atoms with Crippen LogP contribution in [0.2, 0.25) is 0 Å². The summed E-state index contributed by atoms with van der Waals surface area (Å²) < 4.78 is 5.55. The second-order valence-corrected chi connectivity index (χ2v) is 3.54. The third-order valence-electron chi connectivity index (χ3n) is 2.20. The molecule has 14 heavy (non-hydrogen) atoms.